The molecule has 1 aromatic rings. The van der Waals surface area contributed by atoms with Gasteiger partial charge in [0.25, 0.3) is 0 Å². The maximum absolute atomic E-state index is 8.65. The molecular weight excluding hydrogens is 158 g/mol. The topological polar surface area (TPSA) is 32.6 Å². The monoisotopic (exact) mass is 167 g/mol. The Morgan fingerprint density at radius 3 is 3.18 bits per heavy atom. The summed E-state index contributed by atoms with van der Waals surface area (Å²) < 4.78 is 0. The van der Waals surface area contributed by atoms with E-state index in [4.69, 9.17) is 5.21 Å². The van der Waals surface area contributed by atoms with Crippen molar-refractivity contribution in [1.29, 1.82) is 0 Å². The van der Waals surface area contributed by atoms with E-state index in [1.807, 2.05) is 0 Å². The number of nitrogens with zero attached hydrogens (tertiary/aromatic N) is 1. The van der Waals surface area contributed by atoms with Gasteiger partial charge in [0.2, 0.25) is 0 Å². The normalized spacial score (nSPS) is 20.2. The predicted octanol–water partition coefficient (Wildman–Crippen LogP) is 2.26. The minimum absolute atomic E-state index is 0.862. The van der Waals surface area contributed by atoms with Crippen LogP contribution in [0.1, 0.15) is 23.3 Å². The van der Waals surface area contributed by atoms with E-state index >= 15 is 0 Å². The van der Waals surface area contributed by atoms with Gasteiger partial charge in [0.15, 0.2) is 0 Å². The summed E-state index contributed by atoms with van der Waals surface area (Å²) in [6.45, 7) is 0. The molecule has 0 amide bonds. The maximum Gasteiger partial charge on any atom is 0.0970 e. The molecule has 0 aliphatic heterocycles. The molecule has 0 radical (unpaired) electrons. The number of rotatable bonds is 0. The van der Waals surface area contributed by atoms with Crippen LogP contribution in [0.5, 0.6) is 0 Å². The molecule has 0 bridgehead atoms. The summed E-state index contributed by atoms with van der Waals surface area (Å²) in [6, 6.07) is 2.12. The van der Waals surface area contributed by atoms with Crippen molar-refractivity contribution < 1.29 is 5.21 Å². The summed E-state index contributed by atoms with van der Waals surface area (Å²) in [5, 5.41) is 14.0. The molecule has 58 valence electrons. The van der Waals surface area contributed by atoms with Crippen LogP contribution in [0.25, 0.3) is 0 Å². The van der Waals surface area contributed by atoms with Gasteiger partial charge in [0, 0.05) is 0 Å². The number of hydrogen-bond acceptors (Lipinski definition) is 3. The molecular formula is C8H9NOS. The van der Waals surface area contributed by atoms with E-state index in [9.17, 15) is 0 Å². The molecule has 2 nitrogen and oxygen atoms in total. The van der Waals surface area contributed by atoms with Gasteiger partial charge >= 0.3 is 0 Å². The lowest BCUT2D eigenvalue weighted by Gasteiger charge is -2.10. The van der Waals surface area contributed by atoms with Crippen molar-refractivity contribution in [3.05, 3.63) is 21.9 Å². The summed E-state index contributed by atoms with van der Waals surface area (Å²) in [6.07, 6.45) is 3.17. The highest BCUT2D eigenvalue weighted by atomic mass is 32.1. The molecule has 0 unspecified atom stereocenters. The number of thiophene rings is 1. The molecule has 0 fully saturated rings. The van der Waals surface area contributed by atoms with Crippen molar-refractivity contribution in [3.8, 4) is 0 Å². The zero-order valence-corrected chi connectivity index (χ0v) is 6.90. The van der Waals surface area contributed by atoms with Crippen LogP contribution in [0, 0.1) is 0 Å². The van der Waals surface area contributed by atoms with E-state index in [0.29, 0.717) is 0 Å². The number of aryl methyl sites for hydroxylation is 1. The van der Waals surface area contributed by atoms with Crippen molar-refractivity contribution in [2.75, 3.05) is 0 Å². The highest BCUT2D eigenvalue weighted by molar-refractivity contribution is 7.12. The van der Waals surface area contributed by atoms with E-state index in [2.05, 4.69) is 16.6 Å². The van der Waals surface area contributed by atoms with Gasteiger partial charge in [-0.2, -0.15) is 0 Å². The summed E-state index contributed by atoms with van der Waals surface area (Å²) in [5.74, 6) is 0. The fraction of sp³-hybridized carbons (Fsp3) is 0.375. The van der Waals surface area contributed by atoms with Crippen LogP contribution in [0.3, 0.4) is 0 Å². The van der Waals surface area contributed by atoms with Gasteiger partial charge in [0.05, 0.1) is 10.6 Å². The molecule has 1 heterocycles. The molecule has 1 aromatic heterocycles. The summed E-state index contributed by atoms with van der Waals surface area (Å²) in [7, 11) is 0. The highest BCUT2D eigenvalue weighted by Gasteiger charge is 2.16. The molecule has 3 heteroatoms. The first-order chi connectivity index (χ1) is 5.42. The summed E-state index contributed by atoms with van der Waals surface area (Å²) in [4.78, 5) is 1.18. The summed E-state index contributed by atoms with van der Waals surface area (Å²) in [5.41, 5.74) is 2.20. The predicted molar refractivity (Wildman–Crippen MR) is 45.6 cm³/mol. The Kier molecular flexibility index (Phi) is 1.66. The van der Waals surface area contributed by atoms with E-state index in [-0.39, 0.29) is 0 Å². The first-order valence-electron chi connectivity index (χ1n) is 3.69. The molecule has 1 aliphatic rings. The van der Waals surface area contributed by atoms with Gasteiger partial charge in [-0.15, -0.1) is 11.3 Å². The van der Waals surface area contributed by atoms with Crippen molar-refractivity contribution in [1.82, 2.24) is 0 Å². The fourth-order valence-corrected chi connectivity index (χ4v) is 2.41. The molecule has 0 saturated heterocycles. The number of hydrogen-bond donors (Lipinski definition) is 1. The van der Waals surface area contributed by atoms with Crippen LogP contribution in [-0.2, 0) is 6.42 Å². The highest BCUT2D eigenvalue weighted by Crippen LogP contribution is 2.26. The lowest BCUT2D eigenvalue weighted by molar-refractivity contribution is 0.317. The summed E-state index contributed by atoms with van der Waals surface area (Å²) >= 11 is 1.67. The second kappa shape index (κ2) is 2.66. The second-order valence-electron chi connectivity index (χ2n) is 2.68. The third kappa shape index (κ3) is 1.05. The molecule has 1 aliphatic carbocycles. The van der Waals surface area contributed by atoms with E-state index < -0.39 is 0 Å². The van der Waals surface area contributed by atoms with Crippen molar-refractivity contribution in [2.24, 2.45) is 5.16 Å². The van der Waals surface area contributed by atoms with Crippen LogP contribution >= 0.6 is 11.3 Å². The molecule has 0 spiro atoms. The molecule has 0 aromatic carbocycles. The SMILES string of the molecule is ON=C1CCCc2ccsc21. The molecule has 2 rings (SSSR count). The van der Waals surface area contributed by atoms with Crippen LogP contribution in [0.2, 0.25) is 0 Å². The van der Waals surface area contributed by atoms with Gasteiger partial charge in [-0.05, 0) is 36.3 Å². The minimum atomic E-state index is 0.862. The van der Waals surface area contributed by atoms with Crippen molar-refractivity contribution in [3.63, 3.8) is 0 Å². The van der Waals surface area contributed by atoms with Gasteiger partial charge in [-0.3, -0.25) is 0 Å². The average molecular weight is 167 g/mol. The Hall–Kier alpha value is -0.830. The van der Waals surface area contributed by atoms with Crippen molar-refractivity contribution in [2.45, 2.75) is 19.3 Å². The molecule has 0 atom stereocenters. The van der Waals surface area contributed by atoms with Crippen molar-refractivity contribution >= 4 is 17.0 Å². The van der Waals surface area contributed by atoms with E-state index in [1.165, 1.54) is 10.4 Å². The van der Waals surface area contributed by atoms with Gasteiger partial charge in [-0.25, -0.2) is 0 Å². The second-order valence-corrected chi connectivity index (χ2v) is 3.59. The minimum Gasteiger partial charge on any atom is -0.411 e. The van der Waals surface area contributed by atoms with Crippen LogP contribution in [-0.4, -0.2) is 10.9 Å². The Labute approximate surface area is 69.2 Å². The quantitative estimate of drug-likeness (QED) is 0.466. The first kappa shape index (κ1) is 6.85. The van der Waals surface area contributed by atoms with E-state index in [0.717, 1.165) is 25.0 Å². The van der Waals surface area contributed by atoms with Gasteiger partial charge in [-0.1, -0.05) is 5.16 Å². The maximum atomic E-state index is 8.65. The Morgan fingerprint density at radius 1 is 1.45 bits per heavy atom. The van der Waals surface area contributed by atoms with Crippen LogP contribution in [0.15, 0.2) is 16.6 Å². The van der Waals surface area contributed by atoms with Crippen LogP contribution < -0.4 is 0 Å². The largest absolute Gasteiger partial charge is 0.411 e. The third-order valence-corrected chi connectivity index (χ3v) is 2.99. The van der Waals surface area contributed by atoms with Crippen LogP contribution in [0.4, 0.5) is 0 Å². The average Bonchev–Trinajstić information content (AvgIpc) is 2.50. The first-order valence-corrected chi connectivity index (χ1v) is 4.57. The van der Waals surface area contributed by atoms with Gasteiger partial charge < -0.3 is 5.21 Å². The lowest BCUT2D eigenvalue weighted by atomic mass is 9.98. The zero-order valence-electron chi connectivity index (χ0n) is 6.08. The zero-order chi connectivity index (χ0) is 7.68. The molecule has 11 heavy (non-hydrogen) atoms. The number of oxime groups is 1. The Balaban J connectivity index is 2.48. The molecule has 1 N–H and O–H groups in total. The fourth-order valence-electron chi connectivity index (χ4n) is 1.44. The molecule has 0 saturated carbocycles. The number of fused-ring (bicyclic) bond motifs is 1. The third-order valence-electron chi connectivity index (χ3n) is 1.99. The van der Waals surface area contributed by atoms with E-state index in [1.54, 1.807) is 11.3 Å². The Bertz CT molecular complexity index is 290. The Morgan fingerprint density at radius 2 is 2.36 bits per heavy atom. The smallest absolute Gasteiger partial charge is 0.0970 e. The lowest BCUT2D eigenvalue weighted by Crippen LogP contribution is -2.08. The standard InChI is InChI=1S/C8H9NOS/c10-9-7-3-1-2-6-4-5-11-8(6)7/h4-5,10H,1-3H2. The van der Waals surface area contributed by atoms with Gasteiger partial charge in [0.1, 0.15) is 0 Å².